The Balaban J connectivity index is 1.94. The first-order valence-electron chi connectivity index (χ1n) is 8.18. The van der Waals surface area contributed by atoms with Crippen molar-refractivity contribution >= 4 is 24.0 Å². The van der Waals surface area contributed by atoms with Crippen molar-refractivity contribution < 1.29 is 19.0 Å². The molecule has 3 rings (SSSR count). The van der Waals surface area contributed by atoms with Crippen LogP contribution in [0.4, 0.5) is 11.4 Å². The van der Waals surface area contributed by atoms with Crippen molar-refractivity contribution in [2.75, 3.05) is 31.2 Å². The Bertz CT molecular complexity index is 627. The summed E-state index contributed by atoms with van der Waals surface area (Å²) in [6.45, 7) is 10.3. The van der Waals surface area contributed by atoms with Gasteiger partial charge in [-0.2, -0.15) is 0 Å². The summed E-state index contributed by atoms with van der Waals surface area (Å²) < 4.78 is 17.5. The van der Waals surface area contributed by atoms with Crippen molar-refractivity contribution in [2.45, 2.75) is 38.9 Å². The van der Waals surface area contributed by atoms with Gasteiger partial charge in [0.1, 0.15) is 5.69 Å². The SMILES string of the molecule is CC1(C)OB(c2ccc([N+](=O)[O-])c(N3CCOCC3)c2)OC1(C)C. The van der Waals surface area contributed by atoms with Crippen LogP contribution in [0.25, 0.3) is 0 Å². The molecule has 130 valence electrons. The molecule has 0 radical (unpaired) electrons. The van der Waals surface area contributed by atoms with E-state index in [-0.39, 0.29) is 10.6 Å². The minimum Gasteiger partial charge on any atom is -0.399 e. The maximum atomic E-state index is 11.4. The van der Waals surface area contributed by atoms with E-state index in [0.717, 1.165) is 5.46 Å². The molecule has 0 aliphatic carbocycles. The van der Waals surface area contributed by atoms with Gasteiger partial charge in [0.25, 0.3) is 5.69 Å². The molecule has 2 aliphatic heterocycles. The molecule has 24 heavy (non-hydrogen) atoms. The predicted octanol–water partition coefficient (Wildman–Crippen LogP) is 1.73. The Morgan fingerprint density at radius 1 is 1.12 bits per heavy atom. The molecule has 0 amide bonds. The second-order valence-corrected chi connectivity index (χ2v) is 7.19. The van der Waals surface area contributed by atoms with Crippen LogP contribution in [-0.2, 0) is 14.0 Å². The number of benzene rings is 1. The number of hydrogen-bond donors (Lipinski definition) is 0. The third kappa shape index (κ3) is 3.01. The monoisotopic (exact) mass is 334 g/mol. The van der Waals surface area contributed by atoms with Gasteiger partial charge in [-0.3, -0.25) is 10.1 Å². The minimum absolute atomic E-state index is 0.0946. The number of morpholine rings is 1. The molecule has 2 saturated heterocycles. The summed E-state index contributed by atoms with van der Waals surface area (Å²) in [5.41, 5.74) is 0.588. The molecule has 2 heterocycles. The predicted molar refractivity (Wildman–Crippen MR) is 91.8 cm³/mol. The second-order valence-electron chi connectivity index (χ2n) is 7.19. The minimum atomic E-state index is -0.532. The lowest BCUT2D eigenvalue weighted by Crippen LogP contribution is -2.41. The molecule has 1 aromatic rings. The largest absolute Gasteiger partial charge is 0.494 e. The topological polar surface area (TPSA) is 74.1 Å². The molecule has 0 N–H and O–H groups in total. The fourth-order valence-electron chi connectivity index (χ4n) is 2.88. The highest BCUT2D eigenvalue weighted by Crippen LogP contribution is 2.37. The smallest absolute Gasteiger partial charge is 0.399 e. The van der Waals surface area contributed by atoms with Crippen LogP contribution in [0, 0.1) is 10.1 Å². The van der Waals surface area contributed by atoms with E-state index in [1.54, 1.807) is 6.07 Å². The van der Waals surface area contributed by atoms with Crippen molar-refractivity contribution in [2.24, 2.45) is 0 Å². The van der Waals surface area contributed by atoms with E-state index < -0.39 is 18.3 Å². The highest BCUT2D eigenvalue weighted by Gasteiger charge is 2.51. The van der Waals surface area contributed by atoms with E-state index in [1.807, 2.05) is 38.7 Å². The van der Waals surface area contributed by atoms with E-state index in [4.69, 9.17) is 14.0 Å². The Morgan fingerprint density at radius 2 is 1.71 bits per heavy atom. The zero-order valence-corrected chi connectivity index (χ0v) is 14.6. The first-order valence-corrected chi connectivity index (χ1v) is 8.18. The van der Waals surface area contributed by atoms with Crippen LogP contribution >= 0.6 is 0 Å². The number of rotatable bonds is 3. The molecule has 0 aromatic heterocycles. The van der Waals surface area contributed by atoms with Crippen LogP contribution in [0.15, 0.2) is 18.2 Å². The van der Waals surface area contributed by atoms with Gasteiger partial charge in [0.15, 0.2) is 0 Å². The summed E-state index contributed by atoms with van der Waals surface area (Å²) >= 11 is 0. The quantitative estimate of drug-likeness (QED) is 0.476. The van der Waals surface area contributed by atoms with E-state index in [1.165, 1.54) is 6.07 Å². The van der Waals surface area contributed by atoms with Crippen LogP contribution in [0.1, 0.15) is 27.7 Å². The van der Waals surface area contributed by atoms with E-state index in [9.17, 15) is 10.1 Å². The van der Waals surface area contributed by atoms with Crippen LogP contribution in [-0.4, -0.2) is 49.5 Å². The zero-order chi connectivity index (χ0) is 17.5. The maximum absolute atomic E-state index is 11.4. The molecule has 8 heteroatoms. The Labute approximate surface area is 142 Å². The Kier molecular flexibility index (Phi) is 4.31. The van der Waals surface area contributed by atoms with Gasteiger partial charge in [0, 0.05) is 19.2 Å². The van der Waals surface area contributed by atoms with E-state index in [2.05, 4.69) is 0 Å². The van der Waals surface area contributed by atoms with Gasteiger partial charge in [-0.15, -0.1) is 0 Å². The highest BCUT2D eigenvalue weighted by molar-refractivity contribution is 6.62. The number of nitro groups is 1. The zero-order valence-electron chi connectivity index (χ0n) is 14.6. The van der Waals surface area contributed by atoms with Crippen LogP contribution in [0.5, 0.6) is 0 Å². The number of ether oxygens (including phenoxy) is 1. The molecule has 1 aromatic carbocycles. The van der Waals surface area contributed by atoms with Gasteiger partial charge in [-0.1, -0.05) is 6.07 Å². The molecular formula is C16H23BN2O5. The van der Waals surface area contributed by atoms with Crippen molar-refractivity contribution in [3.8, 4) is 0 Å². The lowest BCUT2D eigenvalue weighted by molar-refractivity contribution is -0.384. The molecule has 0 atom stereocenters. The summed E-state index contributed by atoms with van der Waals surface area (Å²) in [4.78, 5) is 13.0. The number of nitro benzene ring substituents is 1. The fourth-order valence-corrected chi connectivity index (χ4v) is 2.88. The highest BCUT2D eigenvalue weighted by atomic mass is 16.7. The lowest BCUT2D eigenvalue weighted by atomic mass is 9.78. The van der Waals surface area contributed by atoms with Crippen molar-refractivity contribution in [3.05, 3.63) is 28.3 Å². The molecule has 7 nitrogen and oxygen atoms in total. The van der Waals surface area contributed by atoms with E-state index in [0.29, 0.717) is 32.0 Å². The van der Waals surface area contributed by atoms with Crippen molar-refractivity contribution in [1.82, 2.24) is 0 Å². The average molecular weight is 334 g/mol. The molecular weight excluding hydrogens is 311 g/mol. The maximum Gasteiger partial charge on any atom is 0.494 e. The Hall–Kier alpha value is -1.64. The lowest BCUT2D eigenvalue weighted by Gasteiger charge is -2.32. The van der Waals surface area contributed by atoms with Gasteiger partial charge in [0.05, 0.1) is 29.3 Å². The molecule has 0 unspecified atom stereocenters. The fraction of sp³-hybridized carbons (Fsp3) is 0.625. The summed E-state index contributed by atoms with van der Waals surface area (Å²) in [7, 11) is -0.532. The van der Waals surface area contributed by atoms with Gasteiger partial charge < -0.3 is 18.9 Å². The second kappa shape index (κ2) is 6.02. The van der Waals surface area contributed by atoms with Crippen LogP contribution in [0.2, 0.25) is 0 Å². The van der Waals surface area contributed by atoms with Gasteiger partial charge in [-0.25, -0.2) is 0 Å². The first-order chi connectivity index (χ1) is 11.2. The van der Waals surface area contributed by atoms with E-state index >= 15 is 0 Å². The van der Waals surface area contributed by atoms with Crippen LogP contribution < -0.4 is 10.4 Å². The van der Waals surface area contributed by atoms with Gasteiger partial charge in [0.2, 0.25) is 0 Å². The summed E-state index contributed by atoms with van der Waals surface area (Å²) in [5, 5.41) is 11.4. The molecule has 0 bridgehead atoms. The first kappa shape index (κ1) is 17.2. The molecule has 0 saturated carbocycles. The molecule has 2 fully saturated rings. The number of hydrogen-bond acceptors (Lipinski definition) is 6. The number of anilines is 1. The van der Waals surface area contributed by atoms with Crippen molar-refractivity contribution in [1.29, 1.82) is 0 Å². The number of nitrogens with zero attached hydrogens (tertiary/aromatic N) is 2. The van der Waals surface area contributed by atoms with Gasteiger partial charge in [-0.05, 0) is 39.2 Å². The Morgan fingerprint density at radius 3 is 2.25 bits per heavy atom. The van der Waals surface area contributed by atoms with Crippen molar-refractivity contribution in [3.63, 3.8) is 0 Å². The molecule has 0 spiro atoms. The average Bonchev–Trinajstić information content (AvgIpc) is 2.75. The summed E-state index contributed by atoms with van der Waals surface area (Å²) in [6.07, 6.45) is 0. The third-order valence-electron chi connectivity index (χ3n) is 5.07. The van der Waals surface area contributed by atoms with Crippen LogP contribution in [0.3, 0.4) is 0 Å². The standard InChI is InChI=1S/C16H23BN2O5/c1-15(2)16(3,4)24-17(23-15)12-5-6-13(19(20)21)14(11-12)18-7-9-22-10-8-18/h5-6,11H,7-10H2,1-4H3. The summed E-state index contributed by atoms with van der Waals surface area (Å²) in [5.74, 6) is 0. The normalized spacial score (nSPS) is 22.7. The third-order valence-corrected chi connectivity index (χ3v) is 5.07. The van der Waals surface area contributed by atoms with Gasteiger partial charge >= 0.3 is 7.12 Å². The summed E-state index contributed by atoms with van der Waals surface area (Å²) in [6, 6.07) is 5.06. The molecule has 2 aliphatic rings.